The molecule has 0 spiro atoms. The zero-order valence-corrected chi connectivity index (χ0v) is 49.3. The molecule has 6 amide bonds. The number of unbranched alkanes of at least 4 members (excludes halogenated alkanes) is 4. The molecule has 2 N–H and O–H groups in total. The predicted molar refractivity (Wildman–Crippen MR) is 321 cm³/mol. The minimum atomic E-state index is -0.762. The second-order valence-corrected chi connectivity index (χ2v) is 22.6. The lowest BCUT2D eigenvalue weighted by Gasteiger charge is -2.23. The van der Waals surface area contributed by atoms with Crippen LogP contribution >= 0.6 is 15.9 Å². The Labute approximate surface area is 492 Å². The fourth-order valence-corrected chi connectivity index (χ4v) is 11.1. The number of methoxy groups -OCH3 is 2. The predicted octanol–water partition coefficient (Wildman–Crippen LogP) is 10.7. The molecule has 0 saturated carbocycles. The molecule has 83 heavy (non-hydrogen) atoms. The highest BCUT2D eigenvalue weighted by atomic mass is 79.9. The summed E-state index contributed by atoms with van der Waals surface area (Å²) in [5, 5.41) is 5.75. The Hall–Kier alpha value is -8.19. The van der Waals surface area contributed by atoms with Crippen molar-refractivity contribution in [3.05, 3.63) is 124 Å². The summed E-state index contributed by atoms with van der Waals surface area (Å²) in [5.41, 5.74) is 7.65. The van der Waals surface area contributed by atoms with Crippen LogP contribution in [0.5, 0.6) is 23.0 Å². The molecule has 0 unspecified atom stereocenters. The van der Waals surface area contributed by atoms with Gasteiger partial charge in [0, 0.05) is 86.9 Å². The Balaban J connectivity index is 0.711. The second kappa shape index (κ2) is 26.8. The number of hydrogen-bond acceptors (Lipinski definition) is 13. The number of ketones is 1. The van der Waals surface area contributed by atoms with E-state index in [1.54, 1.807) is 66.4 Å². The summed E-state index contributed by atoms with van der Waals surface area (Å²) in [6.45, 7) is 8.56. The third kappa shape index (κ3) is 13.8. The van der Waals surface area contributed by atoms with Gasteiger partial charge in [-0.25, -0.2) is 0 Å². The quantitative estimate of drug-likeness (QED) is 0.0445. The first-order valence-electron chi connectivity index (χ1n) is 28.4. The number of hydrogen-bond donors (Lipinski definition) is 2. The maximum absolute atomic E-state index is 14.1. The van der Waals surface area contributed by atoms with Crippen LogP contribution in [0.25, 0.3) is 11.1 Å². The molecule has 4 aromatic carbocycles. The zero-order valence-electron chi connectivity index (χ0n) is 47.7. The van der Waals surface area contributed by atoms with Crippen molar-refractivity contribution in [3.63, 3.8) is 0 Å². The molecule has 9 rings (SSSR count). The third-order valence-corrected chi connectivity index (χ3v) is 16.1. The number of imide groups is 1. The number of benzene rings is 4. The van der Waals surface area contributed by atoms with Crippen molar-refractivity contribution < 1.29 is 52.5 Å². The van der Waals surface area contributed by atoms with Gasteiger partial charge in [0.15, 0.2) is 28.8 Å². The van der Waals surface area contributed by atoms with Gasteiger partial charge in [0.25, 0.3) is 23.6 Å². The van der Waals surface area contributed by atoms with Crippen LogP contribution in [0.4, 0.5) is 17.1 Å². The van der Waals surface area contributed by atoms with E-state index in [1.165, 1.54) is 18.7 Å². The van der Waals surface area contributed by atoms with Crippen LogP contribution in [0.1, 0.15) is 129 Å². The monoisotopic (exact) mass is 1190 g/mol. The van der Waals surface area contributed by atoms with Gasteiger partial charge >= 0.3 is 0 Å². The average molecular weight is 1190 g/mol. The van der Waals surface area contributed by atoms with Gasteiger partial charge in [0.05, 0.1) is 72.5 Å². The molecule has 5 heterocycles. The number of nitrogens with one attached hydrogen (secondary N) is 2. The summed E-state index contributed by atoms with van der Waals surface area (Å²) >= 11 is 3.08. The first kappa shape index (κ1) is 59.4. The second-order valence-electron chi connectivity index (χ2n) is 21.7. The van der Waals surface area contributed by atoms with Crippen molar-refractivity contribution in [2.24, 2.45) is 21.8 Å². The van der Waals surface area contributed by atoms with Crippen molar-refractivity contribution in [2.75, 3.05) is 39.3 Å². The van der Waals surface area contributed by atoms with Crippen LogP contribution in [-0.2, 0) is 30.4 Å². The topological polar surface area (TPSA) is 215 Å². The maximum atomic E-state index is 14.1. The number of aryl methyl sites for hydroxylation is 1. The summed E-state index contributed by atoms with van der Waals surface area (Å²) in [6, 6.07) is 21.4. The van der Waals surface area contributed by atoms with E-state index in [1.807, 2.05) is 44.6 Å². The third-order valence-electron chi connectivity index (χ3n) is 15.5. The van der Waals surface area contributed by atoms with Gasteiger partial charge in [0.2, 0.25) is 11.8 Å². The number of fused-ring (bicyclic) bond motifs is 4. The normalized spacial score (nSPS) is 17.6. The molecule has 0 bridgehead atoms. The Morgan fingerprint density at radius 2 is 1.20 bits per heavy atom. The lowest BCUT2D eigenvalue weighted by molar-refractivity contribution is -0.137. The highest BCUT2D eigenvalue weighted by Gasteiger charge is 2.36. The molecule has 4 atom stereocenters. The number of nitrogens with zero attached hydrogens (tertiary/aromatic N) is 5. The molecule has 5 aliphatic heterocycles. The van der Waals surface area contributed by atoms with Crippen LogP contribution < -0.4 is 29.6 Å². The van der Waals surface area contributed by atoms with Crippen molar-refractivity contribution in [3.8, 4) is 23.0 Å². The Morgan fingerprint density at radius 1 is 0.675 bits per heavy atom. The van der Waals surface area contributed by atoms with E-state index in [-0.39, 0.29) is 83.1 Å². The maximum Gasteiger partial charge on any atom is 0.267 e. The molecule has 4 aromatic rings. The molecule has 0 fully saturated rings. The van der Waals surface area contributed by atoms with Crippen molar-refractivity contribution >= 4 is 97.8 Å². The van der Waals surface area contributed by atoms with Crippen LogP contribution in [0.15, 0.2) is 106 Å². The molecule has 5 aliphatic rings. The Morgan fingerprint density at radius 3 is 1.70 bits per heavy atom. The van der Waals surface area contributed by atoms with Gasteiger partial charge < -0.3 is 39.4 Å². The summed E-state index contributed by atoms with van der Waals surface area (Å²) in [7, 11) is 3.09. The van der Waals surface area contributed by atoms with E-state index in [9.17, 15) is 33.6 Å². The standard InChI is InChI=1S/C64H70BrN7O11/c1-7-40-15-17-41(18-16-40)43-27-46-34-66-51-32-56(54(80-5)29-48(51)62(77)71(46)36-43)82-24-12-9-13-25-83-57-33-52-49(30-55(57)81-6)63(78)72-37-44(28-47(72)35-67-52)42-19-21-45(22-20-42)68-61(76)39(4)26-53(73)60(38(2)3)69-58(74)14-10-8-11-23-70-59(75)31-50(65)64(70)79/h15-22,29-39,46-47,60H,7-14,23-28H2,1-6H3,(H,68,76)(H,69,74)/t39-,46-,47+,60+/m0/s1. The smallest absolute Gasteiger partial charge is 0.267 e. The molecular formula is C64H70BrN7O11. The summed E-state index contributed by atoms with van der Waals surface area (Å²) in [4.78, 5) is 106. The molecule has 0 aliphatic carbocycles. The highest BCUT2D eigenvalue weighted by Crippen LogP contribution is 2.42. The highest BCUT2D eigenvalue weighted by molar-refractivity contribution is 9.12. The summed E-state index contributed by atoms with van der Waals surface area (Å²) < 4.78 is 24.0. The van der Waals surface area contributed by atoms with E-state index >= 15 is 0 Å². The molecule has 0 radical (unpaired) electrons. The van der Waals surface area contributed by atoms with Crippen LogP contribution in [0.3, 0.4) is 0 Å². The summed E-state index contributed by atoms with van der Waals surface area (Å²) in [6.07, 6.45) is 14.9. The number of ether oxygens (including phenoxy) is 4. The molecule has 19 heteroatoms. The number of rotatable bonds is 26. The van der Waals surface area contributed by atoms with Gasteiger partial charge in [-0.15, -0.1) is 0 Å². The molecule has 434 valence electrons. The van der Waals surface area contributed by atoms with Crippen molar-refractivity contribution in [1.82, 2.24) is 20.0 Å². The SMILES string of the molecule is CCc1ccc(C2=CN3C(=O)c4cc(OC)c(OCCCCCOc5cc6c(cc5OC)C(=O)N5C=C(c7ccc(NC(=O)[C@@H](C)CC(=O)[C@H](NC(=O)CCCCCN8C(=O)C=C(Br)C8=O)C(C)C)cc7)C[C@@H]5C=N6)cc4N=C[C@@H]3C2)cc1. The van der Waals surface area contributed by atoms with E-state index in [2.05, 4.69) is 57.8 Å². The molecular weight excluding hydrogens is 1120 g/mol. The average Bonchev–Trinajstić information content (AvgIpc) is 2.64. The number of carbonyl (C=O) groups excluding carboxylic acids is 7. The van der Waals surface area contributed by atoms with Gasteiger partial charge in [0.1, 0.15) is 0 Å². The lowest BCUT2D eigenvalue weighted by Crippen LogP contribution is -2.45. The fourth-order valence-electron chi connectivity index (χ4n) is 10.7. The number of carbonyl (C=O) groups is 7. The number of Topliss-reactive ketones (excluding diaryl/α,β-unsaturated/α-hetero) is 1. The minimum Gasteiger partial charge on any atom is -0.493 e. The van der Waals surface area contributed by atoms with Crippen LogP contribution in [-0.4, -0.2) is 120 Å². The molecule has 0 aromatic heterocycles. The first-order chi connectivity index (χ1) is 40.0. The Bertz CT molecular complexity index is 3330. The van der Waals surface area contributed by atoms with Crippen LogP contribution in [0.2, 0.25) is 0 Å². The fraction of sp³-hybridized carbons (Fsp3) is 0.391. The zero-order chi connectivity index (χ0) is 58.9. The lowest BCUT2D eigenvalue weighted by atomic mass is 9.92. The van der Waals surface area contributed by atoms with Gasteiger partial charge in [-0.1, -0.05) is 70.5 Å². The molecule has 18 nitrogen and oxygen atoms in total. The summed E-state index contributed by atoms with van der Waals surface area (Å²) in [5.74, 6) is -0.953. The van der Waals surface area contributed by atoms with Gasteiger partial charge in [-0.2, -0.15) is 0 Å². The van der Waals surface area contributed by atoms with Gasteiger partial charge in [-0.05, 0) is 112 Å². The van der Waals surface area contributed by atoms with E-state index in [0.29, 0.717) is 96.5 Å². The minimum absolute atomic E-state index is 0.0671. The number of anilines is 1. The van der Waals surface area contributed by atoms with Crippen molar-refractivity contribution in [2.45, 2.75) is 116 Å². The largest absolute Gasteiger partial charge is 0.493 e. The van der Waals surface area contributed by atoms with Crippen LogP contribution in [0, 0.1) is 11.8 Å². The van der Waals surface area contributed by atoms with E-state index < -0.39 is 12.0 Å². The number of amides is 6. The van der Waals surface area contributed by atoms with Gasteiger partial charge in [-0.3, -0.25) is 48.4 Å². The number of halogens is 1. The van der Waals surface area contributed by atoms with Crippen molar-refractivity contribution in [1.29, 1.82) is 0 Å². The van der Waals surface area contributed by atoms with E-state index in [0.717, 1.165) is 52.9 Å². The number of aliphatic imine (C=N–C) groups is 2. The van der Waals surface area contributed by atoms with E-state index in [4.69, 9.17) is 28.9 Å². The first-order valence-corrected chi connectivity index (χ1v) is 29.2. The Kier molecular flexibility index (Phi) is 19.2. The molecule has 0 saturated heterocycles.